The number of rotatable bonds is 3. The van der Waals surface area contributed by atoms with Gasteiger partial charge in [0.2, 0.25) is 5.88 Å². The predicted octanol–water partition coefficient (Wildman–Crippen LogP) is 1.36. The van der Waals surface area contributed by atoms with Gasteiger partial charge in [0.15, 0.2) is 5.69 Å². The summed E-state index contributed by atoms with van der Waals surface area (Å²) in [6.45, 7) is 0. The number of hydrogen-bond acceptors (Lipinski definition) is 5. The molecule has 0 unspecified atom stereocenters. The highest BCUT2D eigenvalue weighted by Crippen LogP contribution is 2.16. The molecule has 2 rings (SSSR count). The second-order valence-electron chi connectivity index (χ2n) is 2.84. The Bertz CT molecular complexity index is 484. The Balaban J connectivity index is 2.14. The Morgan fingerprint density at radius 2 is 2.12 bits per heavy atom. The van der Waals surface area contributed by atoms with Gasteiger partial charge in [-0.2, -0.15) is 0 Å². The van der Waals surface area contributed by atoms with Crippen LogP contribution < -0.4 is 4.74 Å². The first kappa shape index (κ1) is 10.0. The Morgan fingerprint density at radius 1 is 1.25 bits per heavy atom. The second kappa shape index (κ2) is 4.35. The molecule has 6 heteroatoms. The van der Waals surface area contributed by atoms with Gasteiger partial charge in [-0.15, -0.1) is 0 Å². The third-order valence-corrected chi connectivity index (χ3v) is 1.70. The fraction of sp³-hybridized carbons (Fsp3) is 0. The standard InChI is InChI=1S/C10H7N3O3/c14-10(15)8-5-13-9(6-12-8)16-7-2-1-3-11-4-7/h1-6H,(H,14,15). The first-order valence-corrected chi connectivity index (χ1v) is 4.39. The summed E-state index contributed by atoms with van der Waals surface area (Å²) in [5.74, 6) is -0.390. The molecule has 0 spiro atoms. The van der Waals surface area contributed by atoms with Gasteiger partial charge in [-0.25, -0.2) is 14.8 Å². The van der Waals surface area contributed by atoms with Crippen molar-refractivity contribution in [3.8, 4) is 11.6 Å². The summed E-state index contributed by atoms with van der Waals surface area (Å²) >= 11 is 0. The van der Waals surface area contributed by atoms with Crippen LogP contribution in [0.1, 0.15) is 10.5 Å². The fourth-order valence-electron chi connectivity index (χ4n) is 1.01. The predicted molar refractivity (Wildman–Crippen MR) is 53.3 cm³/mol. The van der Waals surface area contributed by atoms with Crippen LogP contribution in [0.4, 0.5) is 0 Å². The molecule has 0 saturated heterocycles. The van der Waals surface area contributed by atoms with E-state index in [0.29, 0.717) is 5.75 Å². The van der Waals surface area contributed by atoms with Crippen molar-refractivity contribution in [2.24, 2.45) is 0 Å². The van der Waals surface area contributed by atoms with E-state index in [1.165, 1.54) is 12.4 Å². The summed E-state index contributed by atoms with van der Waals surface area (Å²) in [6.07, 6.45) is 5.52. The van der Waals surface area contributed by atoms with E-state index in [9.17, 15) is 4.79 Å². The molecule has 2 aromatic heterocycles. The number of carboxylic acids is 1. The van der Waals surface area contributed by atoms with E-state index in [0.717, 1.165) is 6.20 Å². The smallest absolute Gasteiger partial charge is 0.356 e. The van der Waals surface area contributed by atoms with Gasteiger partial charge in [-0.05, 0) is 12.1 Å². The van der Waals surface area contributed by atoms with Crippen LogP contribution in [-0.4, -0.2) is 26.0 Å². The third-order valence-electron chi connectivity index (χ3n) is 1.70. The van der Waals surface area contributed by atoms with Crippen LogP contribution in [0.2, 0.25) is 0 Å². The molecule has 1 N–H and O–H groups in total. The van der Waals surface area contributed by atoms with Crippen LogP contribution in [0.5, 0.6) is 11.6 Å². The number of aromatic nitrogens is 3. The molecule has 0 aliphatic rings. The number of aromatic carboxylic acids is 1. The highest BCUT2D eigenvalue weighted by Gasteiger charge is 2.05. The summed E-state index contributed by atoms with van der Waals surface area (Å²) in [5, 5.41) is 8.61. The first-order chi connectivity index (χ1) is 7.75. The van der Waals surface area contributed by atoms with Gasteiger partial charge < -0.3 is 9.84 Å². The van der Waals surface area contributed by atoms with Crippen molar-refractivity contribution in [3.63, 3.8) is 0 Å². The first-order valence-electron chi connectivity index (χ1n) is 4.39. The monoisotopic (exact) mass is 217 g/mol. The minimum absolute atomic E-state index is 0.126. The molecule has 0 atom stereocenters. The van der Waals surface area contributed by atoms with E-state index >= 15 is 0 Å². The zero-order chi connectivity index (χ0) is 11.4. The normalized spacial score (nSPS) is 9.75. The van der Waals surface area contributed by atoms with Gasteiger partial charge in [-0.1, -0.05) is 0 Å². The second-order valence-corrected chi connectivity index (χ2v) is 2.84. The topological polar surface area (TPSA) is 85.2 Å². The molecule has 2 aromatic rings. The number of hydrogen-bond donors (Lipinski definition) is 1. The van der Waals surface area contributed by atoms with E-state index in [2.05, 4.69) is 15.0 Å². The van der Waals surface area contributed by atoms with Crippen molar-refractivity contribution in [3.05, 3.63) is 42.6 Å². The quantitative estimate of drug-likeness (QED) is 0.835. The van der Waals surface area contributed by atoms with Crippen molar-refractivity contribution in [1.82, 2.24) is 15.0 Å². The van der Waals surface area contributed by atoms with Crippen molar-refractivity contribution >= 4 is 5.97 Å². The van der Waals surface area contributed by atoms with E-state index in [1.54, 1.807) is 18.3 Å². The Labute approximate surface area is 90.6 Å². The lowest BCUT2D eigenvalue weighted by atomic mass is 10.4. The molecule has 0 aromatic carbocycles. The highest BCUT2D eigenvalue weighted by atomic mass is 16.5. The third kappa shape index (κ3) is 2.30. The highest BCUT2D eigenvalue weighted by molar-refractivity contribution is 5.84. The minimum atomic E-state index is -1.12. The summed E-state index contributed by atoms with van der Waals surface area (Å²) < 4.78 is 5.28. The van der Waals surface area contributed by atoms with Crippen LogP contribution >= 0.6 is 0 Å². The van der Waals surface area contributed by atoms with Crippen molar-refractivity contribution in [1.29, 1.82) is 0 Å². The van der Waals surface area contributed by atoms with Crippen molar-refractivity contribution < 1.29 is 14.6 Å². The van der Waals surface area contributed by atoms with Crippen LogP contribution in [-0.2, 0) is 0 Å². The lowest BCUT2D eigenvalue weighted by molar-refractivity contribution is 0.0690. The maximum absolute atomic E-state index is 10.5. The van der Waals surface area contributed by atoms with E-state index in [-0.39, 0.29) is 11.6 Å². The Kier molecular flexibility index (Phi) is 2.73. The average Bonchev–Trinajstić information content (AvgIpc) is 2.31. The molecule has 0 fully saturated rings. The number of ether oxygens (including phenoxy) is 1. The molecule has 16 heavy (non-hydrogen) atoms. The Hall–Kier alpha value is -2.50. The SMILES string of the molecule is O=C(O)c1cnc(Oc2cccnc2)cn1. The lowest BCUT2D eigenvalue weighted by Gasteiger charge is -2.02. The molecule has 6 nitrogen and oxygen atoms in total. The Morgan fingerprint density at radius 3 is 2.69 bits per heavy atom. The van der Waals surface area contributed by atoms with Gasteiger partial charge in [0.05, 0.1) is 18.6 Å². The van der Waals surface area contributed by atoms with Crippen LogP contribution in [0, 0.1) is 0 Å². The van der Waals surface area contributed by atoms with E-state index < -0.39 is 5.97 Å². The fourth-order valence-corrected chi connectivity index (χ4v) is 1.01. The van der Waals surface area contributed by atoms with Crippen LogP contribution in [0.3, 0.4) is 0 Å². The van der Waals surface area contributed by atoms with Gasteiger partial charge in [-0.3, -0.25) is 4.98 Å². The van der Waals surface area contributed by atoms with Crippen LogP contribution in [0.25, 0.3) is 0 Å². The van der Waals surface area contributed by atoms with Gasteiger partial charge in [0.1, 0.15) is 5.75 Å². The van der Waals surface area contributed by atoms with E-state index in [4.69, 9.17) is 9.84 Å². The maximum Gasteiger partial charge on any atom is 0.356 e. The molecular weight excluding hydrogens is 210 g/mol. The molecule has 0 saturated carbocycles. The summed E-state index contributed by atoms with van der Waals surface area (Å²) in [7, 11) is 0. The molecule has 0 amide bonds. The molecule has 2 heterocycles. The van der Waals surface area contributed by atoms with Gasteiger partial charge in [0, 0.05) is 6.20 Å². The molecule has 0 bridgehead atoms. The largest absolute Gasteiger partial charge is 0.476 e. The zero-order valence-electron chi connectivity index (χ0n) is 8.07. The maximum atomic E-state index is 10.5. The number of nitrogens with zero attached hydrogens (tertiary/aromatic N) is 3. The summed E-state index contributed by atoms with van der Waals surface area (Å²) in [5.41, 5.74) is -0.126. The van der Waals surface area contributed by atoms with Crippen LogP contribution in [0.15, 0.2) is 36.9 Å². The number of carboxylic acid groups (broad SMARTS) is 1. The van der Waals surface area contributed by atoms with Crippen molar-refractivity contribution in [2.75, 3.05) is 0 Å². The number of pyridine rings is 1. The zero-order valence-corrected chi connectivity index (χ0v) is 8.07. The minimum Gasteiger partial charge on any atom is -0.476 e. The van der Waals surface area contributed by atoms with Gasteiger partial charge in [0.25, 0.3) is 0 Å². The molecule has 0 aliphatic carbocycles. The summed E-state index contributed by atoms with van der Waals surface area (Å²) in [6, 6.07) is 3.42. The van der Waals surface area contributed by atoms with E-state index in [1.807, 2.05) is 0 Å². The molecule has 80 valence electrons. The van der Waals surface area contributed by atoms with Gasteiger partial charge >= 0.3 is 5.97 Å². The molecular formula is C10H7N3O3. The average molecular weight is 217 g/mol. The lowest BCUT2D eigenvalue weighted by Crippen LogP contribution is -2.01. The van der Waals surface area contributed by atoms with Crippen molar-refractivity contribution in [2.45, 2.75) is 0 Å². The molecule has 0 radical (unpaired) electrons. The number of carbonyl (C=O) groups is 1. The summed E-state index contributed by atoms with van der Waals surface area (Å²) in [4.78, 5) is 21.8. The molecule has 0 aliphatic heterocycles.